The first-order valence-electron chi connectivity index (χ1n) is 6.22. The van der Waals surface area contributed by atoms with Gasteiger partial charge in [-0.05, 0) is 31.1 Å². The predicted octanol–water partition coefficient (Wildman–Crippen LogP) is 3.69. The van der Waals surface area contributed by atoms with Gasteiger partial charge in [0.1, 0.15) is 11.5 Å². The molecule has 0 saturated heterocycles. The van der Waals surface area contributed by atoms with Crippen molar-refractivity contribution in [1.29, 1.82) is 0 Å². The van der Waals surface area contributed by atoms with Crippen molar-refractivity contribution in [2.45, 2.75) is 25.4 Å². The molecule has 0 unspecified atom stereocenters. The van der Waals surface area contributed by atoms with Gasteiger partial charge in [0.05, 0.1) is 6.61 Å². The van der Waals surface area contributed by atoms with Crippen LogP contribution in [-0.2, 0) is 0 Å². The molecule has 0 amide bonds. The molecule has 0 heterocycles. The summed E-state index contributed by atoms with van der Waals surface area (Å²) in [7, 11) is 0. The molecule has 1 aromatic rings. The van der Waals surface area contributed by atoms with Crippen LogP contribution in [0.4, 0.5) is 13.2 Å². The van der Waals surface area contributed by atoms with Crippen LogP contribution < -0.4 is 4.74 Å². The fourth-order valence-electron chi connectivity index (χ4n) is 1.53. The lowest BCUT2D eigenvalue weighted by molar-refractivity contribution is -0.136. The number of hydrogen-bond acceptors (Lipinski definition) is 3. The van der Waals surface area contributed by atoms with Gasteiger partial charge in [0.15, 0.2) is 0 Å². The smallest absolute Gasteiger partial charge is 0.389 e. The Bertz CT molecular complexity index is 442. The first-order chi connectivity index (χ1) is 9.42. The van der Waals surface area contributed by atoms with E-state index in [1.807, 2.05) is 0 Å². The van der Waals surface area contributed by atoms with Crippen LogP contribution >= 0.6 is 0 Å². The van der Waals surface area contributed by atoms with Crippen LogP contribution in [0.2, 0.25) is 0 Å². The minimum Gasteiger partial charge on any atom is -0.508 e. The summed E-state index contributed by atoms with van der Waals surface area (Å²) >= 11 is 0. The average Bonchev–Trinajstić information content (AvgIpc) is 2.40. The molecule has 0 bridgehead atoms. The molecule has 112 valence electrons. The highest BCUT2D eigenvalue weighted by molar-refractivity contribution is 5.59. The van der Waals surface area contributed by atoms with Crippen molar-refractivity contribution in [2.75, 3.05) is 13.2 Å². The molecule has 0 fully saturated rings. The van der Waals surface area contributed by atoms with Crippen molar-refractivity contribution in [1.82, 2.24) is 0 Å². The Labute approximate surface area is 115 Å². The zero-order chi connectivity index (χ0) is 15.0. The number of benzene rings is 1. The molecule has 1 rings (SSSR count). The van der Waals surface area contributed by atoms with E-state index in [0.29, 0.717) is 17.7 Å². The molecule has 0 aliphatic carbocycles. The maximum absolute atomic E-state index is 12.0. The topological polar surface area (TPSA) is 49.7 Å². The molecule has 1 aromatic carbocycles. The summed E-state index contributed by atoms with van der Waals surface area (Å²) in [6, 6.07) is 6.43. The summed E-state index contributed by atoms with van der Waals surface area (Å²) in [5.74, 6) is 0.397. The van der Waals surface area contributed by atoms with Crippen LogP contribution in [0.3, 0.4) is 0 Å². The van der Waals surface area contributed by atoms with Crippen molar-refractivity contribution in [2.24, 2.45) is 0 Å². The second-order valence-electron chi connectivity index (χ2n) is 4.20. The third kappa shape index (κ3) is 6.47. The SMILES string of the molecule is OCC/C=C(/O)c1cccc(OCCCC(F)(F)F)c1. The third-order valence-corrected chi connectivity index (χ3v) is 2.47. The average molecular weight is 290 g/mol. The van der Waals surface area contributed by atoms with Crippen LogP contribution in [0, 0.1) is 0 Å². The summed E-state index contributed by atoms with van der Waals surface area (Å²) in [5, 5.41) is 18.4. The predicted molar refractivity (Wildman–Crippen MR) is 69.5 cm³/mol. The van der Waals surface area contributed by atoms with Gasteiger partial charge in [-0.3, -0.25) is 0 Å². The molecule has 3 nitrogen and oxygen atoms in total. The van der Waals surface area contributed by atoms with E-state index in [1.165, 1.54) is 12.1 Å². The Morgan fingerprint density at radius 3 is 2.70 bits per heavy atom. The van der Waals surface area contributed by atoms with Gasteiger partial charge in [0.25, 0.3) is 0 Å². The van der Waals surface area contributed by atoms with Gasteiger partial charge in [-0.25, -0.2) is 0 Å². The number of aliphatic hydroxyl groups is 2. The minimum atomic E-state index is -4.17. The standard InChI is InChI=1S/C14H17F3O3/c15-14(16,17)7-3-9-20-12-5-1-4-11(10-12)13(19)6-2-8-18/h1,4-6,10,18-19H,2-3,7-9H2/b13-6+. The van der Waals surface area contributed by atoms with E-state index in [2.05, 4.69) is 0 Å². The van der Waals surface area contributed by atoms with Gasteiger partial charge in [-0.15, -0.1) is 0 Å². The molecule has 0 aliphatic heterocycles. The molecule has 6 heteroatoms. The van der Waals surface area contributed by atoms with Crippen molar-refractivity contribution < 1.29 is 28.1 Å². The monoisotopic (exact) mass is 290 g/mol. The zero-order valence-corrected chi connectivity index (χ0v) is 10.9. The molecule has 20 heavy (non-hydrogen) atoms. The van der Waals surface area contributed by atoms with Gasteiger partial charge in [0, 0.05) is 18.6 Å². The van der Waals surface area contributed by atoms with Crippen molar-refractivity contribution >= 4 is 5.76 Å². The number of ether oxygens (including phenoxy) is 1. The maximum Gasteiger partial charge on any atom is 0.389 e. The molecule has 0 spiro atoms. The van der Waals surface area contributed by atoms with E-state index in [-0.39, 0.29) is 25.4 Å². The Morgan fingerprint density at radius 1 is 1.30 bits per heavy atom. The van der Waals surface area contributed by atoms with Gasteiger partial charge in [-0.2, -0.15) is 13.2 Å². The van der Waals surface area contributed by atoms with Crippen molar-refractivity contribution in [3.05, 3.63) is 35.9 Å². The van der Waals surface area contributed by atoms with E-state index in [4.69, 9.17) is 9.84 Å². The van der Waals surface area contributed by atoms with Crippen molar-refractivity contribution in [3.63, 3.8) is 0 Å². The molecule has 0 atom stereocenters. The second kappa shape index (κ2) is 7.79. The Kier molecular flexibility index (Phi) is 6.38. The van der Waals surface area contributed by atoms with E-state index >= 15 is 0 Å². The van der Waals surface area contributed by atoms with Crippen LogP contribution in [0.5, 0.6) is 5.75 Å². The number of aliphatic hydroxyl groups excluding tert-OH is 2. The van der Waals surface area contributed by atoms with Crippen LogP contribution in [0.15, 0.2) is 30.3 Å². The number of halogens is 3. The Morgan fingerprint density at radius 2 is 2.05 bits per heavy atom. The number of rotatable bonds is 7. The lowest BCUT2D eigenvalue weighted by atomic mass is 10.1. The van der Waals surface area contributed by atoms with E-state index in [0.717, 1.165) is 0 Å². The fraction of sp³-hybridized carbons (Fsp3) is 0.429. The second-order valence-corrected chi connectivity index (χ2v) is 4.20. The van der Waals surface area contributed by atoms with Gasteiger partial charge < -0.3 is 14.9 Å². The Balaban J connectivity index is 2.52. The van der Waals surface area contributed by atoms with E-state index < -0.39 is 12.6 Å². The normalized spacial score (nSPS) is 12.5. The summed E-state index contributed by atoms with van der Waals surface area (Å²) in [5.41, 5.74) is 0.492. The third-order valence-electron chi connectivity index (χ3n) is 2.47. The lowest BCUT2D eigenvalue weighted by Gasteiger charge is -2.09. The van der Waals surface area contributed by atoms with Crippen LogP contribution in [0.25, 0.3) is 5.76 Å². The molecular formula is C14H17F3O3. The highest BCUT2D eigenvalue weighted by Crippen LogP contribution is 2.22. The fourth-order valence-corrected chi connectivity index (χ4v) is 1.53. The molecule has 0 aliphatic rings. The lowest BCUT2D eigenvalue weighted by Crippen LogP contribution is -2.09. The summed E-state index contributed by atoms with van der Waals surface area (Å²) < 4.78 is 41.1. The van der Waals surface area contributed by atoms with Crippen LogP contribution in [0.1, 0.15) is 24.8 Å². The summed E-state index contributed by atoms with van der Waals surface area (Å²) in [4.78, 5) is 0. The zero-order valence-electron chi connectivity index (χ0n) is 10.9. The van der Waals surface area contributed by atoms with Gasteiger partial charge >= 0.3 is 6.18 Å². The molecular weight excluding hydrogens is 273 g/mol. The Hall–Kier alpha value is -1.69. The molecule has 0 saturated carbocycles. The summed E-state index contributed by atoms with van der Waals surface area (Å²) in [6.07, 6.45) is -3.38. The first-order valence-corrected chi connectivity index (χ1v) is 6.22. The highest BCUT2D eigenvalue weighted by atomic mass is 19.4. The highest BCUT2D eigenvalue weighted by Gasteiger charge is 2.26. The number of hydrogen-bond donors (Lipinski definition) is 2. The summed E-state index contributed by atoms with van der Waals surface area (Å²) in [6.45, 7) is -0.109. The van der Waals surface area contributed by atoms with E-state index in [1.54, 1.807) is 18.2 Å². The van der Waals surface area contributed by atoms with Gasteiger partial charge in [0.2, 0.25) is 0 Å². The maximum atomic E-state index is 12.0. The largest absolute Gasteiger partial charge is 0.508 e. The molecule has 0 radical (unpaired) electrons. The van der Waals surface area contributed by atoms with Crippen LogP contribution in [-0.4, -0.2) is 29.6 Å². The molecule has 2 N–H and O–H groups in total. The first kappa shape index (κ1) is 16.4. The molecule has 0 aromatic heterocycles. The minimum absolute atomic E-state index is 0.000193. The van der Waals surface area contributed by atoms with Gasteiger partial charge in [-0.1, -0.05) is 12.1 Å². The quantitative estimate of drug-likeness (QED) is 0.595. The van der Waals surface area contributed by atoms with E-state index in [9.17, 15) is 18.3 Å². The van der Waals surface area contributed by atoms with Crippen molar-refractivity contribution in [3.8, 4) is 5.75 Å². The number of alkyl halides is 3.